The van der Waals surface area contributed by atoms with E-state index in [1.807, 2.05) is 34.6 Å². The molecule has 0 spiro atoms. The van der Waals surface area contributed by atoms with E-state index in [2.05, 4.69) is 15.6 Å². The maximum absolute atomic E-state index is 14.2. The molecule has 3 aromatic rings. The summed E-state index contributed by atoms with van der Waals surface area (Å²) in [5.74, 6) is -4.25. The maximum Gasteiger partial charge on any atom is 0.248 e. The summed E-state index contributed by atoms with van der Waals surface area (Å²) in [5, 5.41) is 21.7. The average Bonchev–Trinajstić information content (AvgIpc) is 3.54. The van der Waals surface area contributed by atoms with Gasteiger partial charge in [0.1, 0.15) is 17.9 Å². The fourth-order valence-electron chi connectivity index (χ4n) is 5.06. The minimum absolute atomic E-state index is 0.00874. The molecule has 2 aromatic carbocycles. The van der Waals surface area contributed by atoms with Crippen molar-refractivity contribution in [2.75, 3.05) is 6.54 Å². The van der Waals surface area contributed by atoms with Crippen LogP contribution in [0, 0.1) is 23.4 Å². The highest BCUT2D eigenvalue weighted by atomic mass is 19.2. The van der Waals surface area contributed by atoms with Gasteiger partial charge < -0.3 is 15.3 Å². The van der Waals surface area contributed by atoms with Gasteiger partial charge in [0.2, 0.25) is 11.8 Å². The molecule has 1 aliphatic heterocycles. The minimum atomic E-state index is -1.27. The van der Waals surface area contributed by atoms with Crippen LogP contribution in [0.15, 0.2) is 42.6 Å². The Morgan fingerprint density at radius 2 is 1.66 bits per heavy atom. The molecule has 0 aliphatic carbocycles. The summed E-state index contributed by atoms with van der Waals surface area (Å²) in [7, 11) is 0. The van der Waals surface area contributed by atoms with E-state index < -0.39 is 53.2 Å². The first-order chi connectivity index (χ1) is 19.2. The number of carbonyl (C=O) groups is 2. The highest BCUT2D eigenvalue weighted by Crippen LogP contribution is 2.30. The third kappa shape index (κ3) is 6.29. The molecule has 4 atom stereocenters. The fraction of sp³-hybridized carbons (Fsp3) is 0.467. The van der Waals surface area contributed by atoms with Crippen LogP contribution in [0.4, 0.5) is 13.2 Å². The van der Waals surface area contributed by atoms with E-state index in [1.54, 1.807) is 25.3 Å². The lowest BCUT2D eigenvalue weighted by Gasteiger charge is -2.30. The Hall–Kier alpha value is -3.73. The van der Waals surface area contributed by atoms with Crippen molar-refractivity contribution in [2.24, 2.45) is 5.92 Å². The second kappa shape index (κ2) is 11.6. The van der Waals surface area contributed by atoms with Crippen LogP contribution in [0.5, 0.6) is 0 Å². The standard InChI is InChI=1S/C30H36F3N5O3/c1-16(2)27(38-15-24(35-36-38)30(4,5)6)29(41)37-14-20(39)13-23(37)28(40)34-17(3)18-7-9-19(10-8-18)25-21(31)11-12-22(32)26(25)33/h7-12,15-17,20,23,27,39H,13-14H2,1-6H3,(H,34,40)/t17-,20+,23-,27-/m0/s1. The lowest BCUT2D eigenvalue weighted by atomic mass is 9.93. The summed E-state index contributed by atoms with van der Waals surface area (Å²) < 4.78 is 43.6. The van der Waals surface area contributed by atoms with Gasteiger partial charge in [0.15, 0.2) is 11.6 Å². The molecule has 41 heavy (non-hydrogen) atoms. The van der Waals surface area contributed by atoms with Gasteiger partial charge in [-0.1, -0.05) is 64.1 Å². The number of aliphatic hydroxyl groups excluding tert-OH is 1. The zero-order valence-electron chi connectivity index (χ0n) is 24.0. The van der Waals surface area contributed by atoms with Gasteiger partial charge in [-0.15, -0.1) is 5.10 Å². The van der Waals surface area contributed by atoms with Crippen molar-refractivity contribution in [3.05, 3.63) is 71.3 Å². The van der Waals surface area contributed by atoms with Crippen molar-refractivity contribution in [3.8, 4) is 11.1 Å². The Morgan fingerprint density at radius 1 is 1.02 bits per heavy atom. The average molecular weight is 572 g/mol. The van der Waals surface area contributed by atoms with E-state index in [4.69, 9.17) is 0 Å². The second-order valence-corrected chi connectivity index (χ2v) is 12.0. The van der Waals surface area contributed by atoms with E-state index in [-0.39, 0.29) is 35.8 Å². The molecule has 0 bridgehead atoms. The Bertz CT molecular complexity index is 1420. The SMILES string of the molecule is CC(C)[C@@H](C(=O)N1C[C@H](O)C[C@H]1C(=O)N[C@@H](C)c1ccc(-c2c(F)ccc(F)c2F)cc1)n1cc(C(C)(C)C)nn1. The van der Waals surface area contributed by atoms with Crippen molar-refractivity contribution in [1.82, 2.24) is 25.2 Å². The van der Waals surface area contributed by atoms with Crippen LogP contribution in [0.2, 0.25) is 0 Å². The Kier molecular flexibility index (Phi) is 8.58. The van der Waals surface area contributed by atoms with Gasteiger partial charge in [-0.25, -0.2) is 17.9 Å². The first-order valence-electron chi connectivity index (χ1n) is 13.6. The molecular formula is C30H36F3N5O3. The van der Waals surface area contributed by atoms with E-state index in [0.717, 1.165) is 17.8 Å². The summed E-state index contributed by atoms with van der Waals surface area (Å²) in [5.41, 5.74) is 0.787. The summed E-state index contributed by atoms with van der Waals surface area (Å²) >= 11 is 0. The number of aromatic nitrogens is 3. The number of β-amino-alcohol motifs (C(OH)–C–C–N with tert-alkyl or cyclic N) is 1. The number of nitrogens with zero attached hydrogens (tertiary/aromatic N) is 4. The quantitative estimate of drug-likeness (QED) is 0.401. The summed E-state index contributed by atoms with van der Waals surface area (Å²) in [6.07, 6.45) is 0.961. The van der Waals surface area contributed by atoms with Crippen molar-refractivity contribution in [1.29, 1.82) is 0 Å². The van der Waals surface area contributed by atoms with Crippen LogP contribution in [-0.4, -0.2) is 55.5 Å². The van der Waals surface area contributed by atoms with Crippen LogP contribution < -0.4 is 5.32 Å². The first-order valence-corrected chi connectivity index (χ1v) is 13.6. The second-order valence-electron chi connectivity index (χ2n) is 12.0. The summed E-state index contributed by atoms with van der Waals surface area (Å²) in [6, 6.07) is 5.52. The van der Waals surface area contributed by atoms with E-state index >= 15 is 0 Å². The predicted molar refractivity (Wildman–Crippen MR) is 147 cm³/mol. The zero-order chi connectivity index (χ0) is 30.2. The molecule has 0 saturated carbocycles. The number of hydrogen-bond acceptors (Lipinski definition) is 5. The van der Waals surface area contributed by atoms with Gasteiger partial charge in [0, 0.05) is 24.6 Å². The highest BCUT2D eigenvalue weighted by Gasteiger charge is 2.43. The molecule has 2 heterocycles. The number of likely N-dealkylation sites (tertiary alicyclic amines) is 1. The normalized spacial score (nSPS) is 19.0. The monoisotopic (exact) mass is 571 g/mol. The maximum atomic E-state index is 14.2. The lowest BCUT2D eigenvalue weighted by Crippen LogP contribution is -2.49. The largest absolute Gasteiger partial charge is 0.391 e. The topological polar surface area (TPSA) is 100 Å². The molecule has 1 aliphatic rings. The van der Waals surface area contributed by atoms with Crippen LogP contribution in [0.1, 0.15) is 71.3 Å². The van der Waals surface area contributed by atoms with Crippen molar-refractivity contribution in [2.45, 2.75) is 77.6 Å². The third-order valence-corrected chi connectivity index (χ3v) is 7.42. The molecule has 1 saturated heterocycles. The van der Waals surface area contributed by atoms with E-state index in [1.165, 1.54) is 21.7 Å². The van der Waals surface area contributed by atoms with Crippen LogP contribution >= 0.6 is 0 Å². The van der Waals surface area contributed by atoms with Gasteiger partial charge >= 0.3 is 0 Å². The molecule has 8 nitrogen and oxygen atoms in total. The highest BCUT2D eigenvalue weighted by molar-refractivity contribution is 5.90. The molecule has 1 fully saturated rings. The zero-order valence-corrected chi connectivity index (χ0v) is 24.0. The first kappa shape index (κ1) is 30.2. The molecule has 1 aromatic heterocycles. The molecule has 4 rings (SSSR count). The molecule has 11 heteroatoms. The number of halogens is 3. The minimum Gasteiger partial charge on any atom is -0.391 e. The molecule has 0 radical (unpaired) electrons. The molecule has 2 N–H and O–H groups in total. The number of benzene rings is 2. The number of amides is 2. The Balaban J connectivity index is 1.50. The molecule has 2 amide bonds. The Morgan fingerprint density at radius 3 is 2.24 bits per heavy atom. The number of rotatable bonds is 7. The van der Waals surface area contributed by atoms with Crippen molar-refractivity contribution in [3.63, 3.8) is 0 Å². The van der Waals surface area contributed by atoms with Crippen LogP contribution in [-0.2, 0) is 15.0 Å². The molecular weight excluding hydrogens is 535 g/mol. The van der Waals surface area contributed by atoms with Crippen LogP contribution in [0.3, 0.4) is 0 Å². The van der Waals surface area contributed by atoms with Gasteiger partial charge in [-0.05, 0) is 36.1 Å². The number of hydrogen-bond donors (Lipinski definition) is 2. The van der Waals surface area contributed by atoms with Crippen molar-refractivity contribution >= 4 is 11.8 Å². The number of carbonyl (C=O) groups excluding carboxylic acids is 2. The molecule has 220 valence electrons. The van der Waals surface area contributed by atoms with Gasteiger partial charge in [0.05, 0.1) is 23.4 Å². The van der Waals surface area contributed by atoms with Crippen LogP contribution in [0.25, 0.3) is 11.1 Å². The number of nitrogens with one attached hydrogen (secondary N) is 1. The predicted octanol–water partition coefficient (Wildman–Crippen LogP) is 4.70. The van der Waals surface area contributed by atoms with E-state index in [9.17, 15) is 27.9 Å². The van der Waals surface area contributed by atoms with Gasteiger partial charge in [-0.2, -0.15) is 0 Å². The third-order valence-electron chi connectivity index (χ3n) is 7.42. The van der Waals surface area contributed by atoms with Gasteiger partial charge in [0.25, 0.3) is 0 Å². The molecule has 0 unspecified atom stereocenters. The Labute approximate surface area is 237 Å². The summed E-state index contributed by atoms with van der Waals surface area (Å²) in [4.78, 5) is 28.5. The van der Waals surface area contributed by atoms with Crippen molar-refractivity contribution < 1.29 is 27.9 Å². The number of aliphatic hydroxyl groups is 1. The fourth-order valence-corrected chi connectivity index (χ4v) is 5.06. The smallest absolute Gasteiger partial charge is 0.248 e. The van der Waals surface area contributed by atoms with Gasteiger partial charge in [-0.3, -0.25) is 9.59 Å². The van der Waals surface area contributed by atoms with E-state index in [0.29, 0.717) is 5.56 Å². The summed E-state index contributed by atoms with van der Waals surface area (Å²) in [6.45, 7) is 11.5. The lowest BCUT2D eigenvalue weighted by molar-refractivity contribution is -0.142.